The maximum atomic E-state index is 13.9. The zero-order chi connectivity index (χ0) is 42.2. The molecule has 0 unspecified atom stereocenters. The van der Waals surface area contributed by atoms with Crippen molar-refractivity contribution < 1.29 is 14.4 Å². The zero-order valence-corrected chi connectivity index (χ0v) is 37.1. The van der Waals surface area contributed by atoms with E-state index < -0.39 is 0 Å². The molecule has 0 bridgehead atoms. The van der Waals surface area contributed by atoms with Crippen LogP contribution in [0, 0.1) is 11.8 Å². The molecular weight excluding hydrogens is 765 g/mol. The number of likely N-dealkylation sites (tertiary alicyclic amines) is 2. The number of rotatable bonds is 13. The Hall–Kier alpha value is -4.49. The molecule has 2 aromatic heterocycles. The Kier molecular flexibility index (Phi) is 12.4. The lowest BCUT2D eigenvalue weighted by atomic mass is 9.84. The number of anilines is 1. The van der Waals surface area contributed by atoms with E-state index in [1.807, 2.05) is 34.1 Å². The van der Waals surface area contributed by atoms with Crippen LogP contribution in [0.1, 0.15) is 134 Å². The van der Waals surface area contributed by atoms with Gasteiger partial charge in [0.15, 0.2) is 0 Å². The number of nitrogens with one attached hydrogen (secondary N) is 2. The Bertz CT molecular complexity index is 2180. The van der Waals surface area contributed by atoms with Crippen molar-refractivity contribution in [1.29, 1.82) is 0 Å². The van der Waals surface area contributed by atoms with Gasteiger partial charge in [0.2, 0.25) is 11.8 Å². The highest BCUT2D eigenvalue weighted by Gasteiger charge is 2.40. The van der Waals surface area contributed by atoms with Gasteiger partial charge in [-0.15, -0.1) is 0 Å². The molecule has 2 atom stereocenters. The second-order valence-corrected chi connectivity index (χ2v) is 18.5. The molecule has 4 aromatic rings. The predicted molar refractivity (Wildman–Crippen MR) is 240 cm³/mol. The summed E-state index contributed by atoms with van der Waals surface area (Å²) in [5.74, 6) is 2.53. The van der Waals surface area contributed by atoms with E-state index >= 15 is 0 Å². The van der Waals surface area contributed by atoms with E-state index in [0.717, 1.165) is 161 Å². The number of nitrogens with zero attached hydrogens (tertiary/aromatic N) is 8. The van der Waals surface area contributed by atoms with Crippen LogP contribution >= 0.6 is 0 Å². The number of amides is 4. The van der Waals surface area contributed by atoms with Gasteiger partial charge >= 0.3 is 6.03 Å². The van der Waals surface area contributed by atoms with E-state index in [1.165, 1.54) is 0 Å². The summed E-state index contributed by atoms with van der Waals surface area (Å²) in [6, 6.07) is 13.4. The Morgan fingerprint density at radius 3 is 1.62 bits per heavy atom. The number of carbonyl (C=O) groups excluding carboxylic acids is 3. The number of aromatic amines is 2. The molecule has 2 aromatic carbocycles. The van der Waals surface area contributed by atoms with Gasteiger partial charge in [0, 0.05) is 62.3 Å². The molecule has 2 aliphatic carbocycles. The van der Waals surface area contributed by atoms with Crippen LogP contribution in [0.15, 0.2) is 36.4 Å². The SMILES string of the molecule is CCN(CC)C1CCC(C(=O)N2CCC[C@@H]2c2nc3ccc(CN4CCN(c5ccc6nc([C@H]7CCCN7C(=O)C7CCC(N(CC)CC)CC7)[nH]c6c5)C4=O)cc3[nH]2)CC1. The fraction of sp³-hybridized carbons (Fsp3) is 0.646. The first kappa shape index (κ1) is 41.8. The lowest BCUT2D eigenvalue weighted by Gasteiger charge is -2.37. The highest BCUT2D eigenvalue weighted by molar-refractivity contribution is 5.96. The number of aromatic nitrogens is 4. The standard InChI is InChI=1S/C48H68N10O3/c1-5-53(6-2)35-18-14-33(15-19-35)46(59)57-25-9-11-42(57)44-49-38-23-13-32(29-40(38)51-44)31-55-27-28-56(48(55)61)37-22-24-39-41(30-37)52-45(50-39)43-12-10-26-58(43)47(60)34-16-20-36(21-17-34)54(7-3)8-4/h13,22-24,29-30,33-36,42-43H,5-12,14-21,25-28,31H2,1-4H3,(H,49,51)(H,50,52)/t33?,34?,35?,36?,42-,43-/m1/s1. The van der Waals surface area contributed by atoms with Crippen LogP contribution in [0.3, 0.4) is 0 Å². The molecule has 3 saturated heterocycles. The summed E-state index contributed by atoms with van der Waals surface area (Å²) in [7, 11) is 0. The van der Waals surface area contributed by atoms with E-state index in [0.29, 0.717) is 43.5 Å². The molecule has 13 nitrogen and oxygen atoms in total. The number of carbonyl (C=O) groups is 3. The highest BCUT2D eigenvalue weighted by Crippen LogP contribution is 2.39. The first-order chi connectivity index (χ1) is 29.8. The van der Waals surface area contributed by atoms with Gasteiger partial charge in [0.05, 0.1) is 34.2 Å². The lowest BCUT2D eigenvalue weighted by molar-refractivity contribution is -0.138. The van der Waals surface area contributed by atoms with E-state index in [4.69, 9.17) is 9.97 Å². The number of imidazole rings is 2. The molecule has 2 N–H and O–H groups in total. The molecule has 5 heterocycles. The van der Waals surface area contributed by atoms with Crippen molar-refractivity contribution in [3.05, 3.63) is 53.6 Å². The van der Waals surface area contributed by atoms with Gasteiger partial charge in [-0.25, -0.2) is 14.8 Å². The molecule has 4 amide bonds. The predicted octanol–water partition coefficient (Wildman–Crippen LogP) is 8.01. The van der Waals surface area contributed by atoms with Crippen molar-refractivity contribution in [2.45, 2.75) is 135 Å². The van der Waals surface area contributed by atoms with Gasteiger partial charge in [-0.1, -0.05) is 33.8 Å². The summed E-state index contributed by atoms with van der Waals surface area (Å²) in [5.41, 5.74) is 5.48. The van der Waals surface area contributed by atoms with E-state index in [9.17, 15) is 14.4 Å². The summed E-state index contributed by atoms with van der Waals surface area (Å²) < 4.78 is 0. The van der Waals surface area contributed by atoms with Gasteiger partial charge in [-0.05, 0) is 139 Å². The fourth-order valence-corrected chi connectivity index (χ4v) is 11.8. The minimum atomic E-state index is -0.0386. The Morgan fingerprint density at radius 2 is 1.11 bits per heavy atom. The first-order valence-electron chi connectivity index (χ1n) is 23.9. The lowest BCUT2D eigenvalue weighted by Crippen LogP contribution is -2.42. The van der Waals surface area contributed by atoms with Crippen molar-refractivity contribution in [3.8, 4) is 0 Å². The number of urea groups is 1. The molecule has 0 spiro atoms. The Balaban J connectivity index is 0.819. The average Bonchev–Trinajstić information content (AvgIpc) is 4.15. The van der Waals surface area contributed by atoms with Crippen molar-refractivity contribution in [3.63, 3.8) is 0 Å². The first-order valence-corrected chi connectivity index (χ1v) is 23.9. The van der Waals surface area contributed by atoms with Crippen LogP contribution in [-0.2, 0) is 16.1 Å². The van der Waals surface area contributed by atoms with E-state index in [2.05, 4.69) is 69.4 Å². The van der Waals surface area contributed by atoms with Crippen LogP contribution in [0.5, 0.6) is 0 Å². The molecule has 5 fully saturated rings. The van der Waals surface area contributed by atoms with Crippen LogP contribution in [0.2, 0.25) is 0 Å². The largest absolute Gasteiger partial charge is 0.340 e. The molecule has 328 valence electrons. The Morgan fingerprint density at radius 1 is 0.623 bits per heavy atom. The number of H-pyrrole nitrogens is 2. The van der Waals surface area contributed by atoms with Crippen LogP contribution in [0.25, 0.3) is 22.1 Å². The van der Waals surface area contributed by atoms with Crippen molar-refractivity contribution in [2.75, 3.05) is 57.3 Å². The number of fused-ring (bicyclic) bond motifs is 2. The fourth-order valence-electron chi connectivity index (χ4n) is 11.8. The summed E-state index contributed by atoms with van der Waals surface area (Å²) in [6.45, 7) is 16.5. The normalized spacial score (nSPS) is 26.3. The van der Waals surface area contributed by atoms with Crippen LogP contribution in [-0.4, -0.2) is 127 Å². The molecule has 9 rings (SSSR count). The topological polar surface area (TPSA) is 128 Å². The summed E-state index contributed by atoms with van der Waals surface area (Å²) in [4.78, 5) is 71.8. The van der Waals surface area contributed by atoms with E-state index in [-0.39, 0.29) is 30.0 Å². The summed E-state index contributed by atoms with van der Waals surface area (Å²) in [5, 5.41) is 0. The molecule has 13 heteroatoms. The molecule has 0 radical (unpaired) electrons. The third-order valence-corrected chi connectivity index (χ3v) is 15.3. The van der Waals surface area contributed by atoms with Crippen LogP contribution < -0.4 is 4.90 Å². The van der Waals surface area contributed by atoms with Crippen molar-refractivity contribution in [2.24, 2.45) is 11.8 Å². The Labute approximate surface area is 361 Å². The second-order valence-electron chi connectivity index (χ2n) is 18.5. The molecular formula is C48H68N10O3. The number of benzene rings is 2. The van der Waals surface area contributed by atoms with Crippen LogP contribution in [0.4, 0.5) is 10.5 Å². The maximum absolute atomic E-state index is 13.9. The molecule has 5 aliphatic rings. The minimum absolute atomic E-state index is 0.0148. The van der Waals surface area contributed by atoms with Gasteiger partial charge in [0.1, 0.15) is 11.6 Å². The van der Waals surface area contributed by atoms with Gasteiger partial charge in [-0.2, -0.15) is 0 Å². The van der Waals surface area contributed by atoms with E-state index in [1.54, 1.807) is 0 Å². The zero-order valence-electron chi connectivity index (χ0n) is 37.1. The number of hydrogen-bond acceptors (Lipinski definition) is 7. The average molecular weight is 833 g/mol. The smallest absolute Gasteiger partial charge is 0.324 e. The monoisotopic (exact) mass is 833 g/mol. The van der Waals surface area contributed by atoms with Crippen molar-refractivity contribution in [1.82, 2.24) is 44.4 Å². The van der Waals surface area contributed by atoms with Gasteiger partial charge in [0.25, 0.3) is 0 Å². The van der Waals surface area contributed by atoms with Gasteiger partial charge in [-0.3, -0.25) is 14.5 Å². The molecule has 3 aliphatic heterocycles. The minimum Gasteiger partial charge on any atom is -0.340 e. The maximum Gasteiger partial charge on any atom is 0.324 e. The second kappa shape index (κ2) is 18.1. The summed E-state index contributed by atoms with van der Waals surface area (Å²) >= 11 is 0. The third kappa shape index (κ3) is 8.28. The molecule has 61 heavy (non-hydrogen) atoms. The molecule has 2 saturated carbocycles. The van der Waals surface area contributed by atoms with Crippen molar-refractivity contribution >= 4 is 45.6 Å². The third-order valence-electron chi connectivity index (χ3n) is 15.3. The highest BCUT2D eigenvalue weighted by atomic mass is 16.2. The van der Waals surface area contributed by atoms with Gasteiger partial charge < -0.3 is 34.5 Å². The number of hydrogen-bond donors (Lipinski definition) is 2. The quantitative estimate of drug-likeness (QED) is 0.140. The summed E-state index contributed by atoms with van der Waals surface area (Å²) in [6.07, 6.45) is 12.1.